The van der Waals surface area contributed by atoms with Gasteiger partial charge in [0.2, 0.25) is 11.8 Å². The summed E-state index contributed by atoms with van der Waals surface area (Å²) in [4.78, 5) is 61.7. The molecule has 0 bridgehead atoms. The Morgan fingerprint density at radius 3 is 1.45 bits per heavy atom. The fraction of sp³-hybridized carbons (Fsp3) is 0.256. The van der Waals surface area contributed by atoms with Crippen molar-refractivity contribution in [3.63, 3.8) is 0 Å². The summed E-state index contributed by atoms with van der Waals surface area (Å²) < 4.78 is 44.6. The highest BCUT2D eigenvalue weighted by Gasteiger charge is 2.19. The highest BCUT2D eigenvalue weighted by atomic mass is 35.5. The third kappa shape index (κ3) is 12.8. The number of benzene rings is 4. The maximum Gasteiger partial charge on any atom is 0.333 e. The molecule has 0 unspecified atom stereocenters. The highest BCUT2D eigenvalue weighted by molar-refractivity contribution is 6.38. The van der Waals surface area contributed by atoms with Gasteiger partial charge in [0.05, 0.1) is 26.5 Å². The topological polar surface area (TPSA) is 149 Å². The Morgan fingerprint density at radius 2 is 1.02 bits per heavy atom. The fourth-order valence-electron chi connectivity index (χ4n) is 4.80. The molecule has 296 valence electrons. The molecule has 4 aromatic rings. The van der Waals surface area contributed by atoms with Crippen LogP contribution in [0.5, 0.6) is 11.5 Å². The first-order chi connectivity index (χ1) is 26.4. The first kappa shape index (κ1) is 43.8. The molecule has 0 radical (unpaired) electrons. The number of rotatable bonds is 15. The van der Waals surface area contributed by atoms with Gasteiger partial charge < -0.3 is 30.2 Å². The Bertz CT molecular complexity index is 2120. The number of halogens is 6. The number of nitrogens with one attached hydrogen (secondary N) is 3. The molecule has 0 heterocycles. The van der Waals surface area contributed by atoms with Crippen molar-refractivity contribution in [1.82, 2.24) is 5.32 Å². The van der Waals surface area contributed by atoms with Gasteiger partial charge >= 0.3 is 11.9 Å². The van der Waals surface area contributed by atoms with Gasteiger partial charge in [-0.2, -0.15) is 0 Å². The molecule has 4 rings (SSSR count). The normalized spacial score (nSPS) is 10.9. The predicted octanol–water partition coefficient (Wildman–Crippen LogP) is 8.97. The number of hydrogen-bond donors (Lipinski definition) is 3. The molecule has 0 saturated heterocycles. The van der Waals surface area contributed by atoms with Crippen LogP contribution in [-0.2, 0) is 43.5 Å². The first-order valence-electron chi connectivity index (χ1n) is 16.8. The second-order valence-corrected chi connectivity index (χ2v) is 14.6. The molecule has 0 aliphatic carbocycles. The Kier molecular flexibility index (Phi) is 15.5. The summed E-state index contributed by atoms with van der Waals surface area (Å²) in [5.74, 6) is -5.17. The van der Waals surface area contributed by atoms with Crippen LogP contribution in [0.1, 0.15) is 54.7 Å². The molecule has 0 aliphatic heterocycles. The van der Waals surface area contributed by atoms with Crippen LogP contribution in [-0.4, -0.2) is 36.2 Å². The van der Waals surface area contributed by atoms with Gasteiger partial charge in [0.25, 0.3) is 5.91 Å². The minimum atomic E-state index is -1.07. The van der Waals surface area contributed by atoms with Crippen LogP contribution in [0, 0.1) is 23.5 Å². The minimum Gasteiger partial charge on any atom is -0.486 e. The van der Waals surface area contributed by atoms with Crippen molar-refractivity contribution < 1.29 is 47.0 Å². The molecule has 3 N–H and O–H groups in total. The second-order valence-electron chi connectivity index (χ2n) is 12.9. The number of esters is 2. The Hall–Kier alpha value is -4.95. The third-order valence-corrected chi connectivity index (χ3v) is 8.68. The lowest BCUT2D eigenvalue weighted by molar-refractivity contribution is -0.158. The Balaban J connectivity index is 1.28. The van der Waals surface area contributed by atoms with Crippen LogP contribution >= 0.6 is 46.4 Å². The average Bonchev–Trinajstić information content (AvgIpc) is 3.09. The summed E-state index contributed by atoms with van der Waals surface area (Å²) in [6.07, 6.45) is -0.418. The van der Waals surface area contributed by atoms with Gasteiger partial charge in [-0.3, -0.25) is 19.2 Å². The quantitative estimate of drug-likeness (QED) is 0.0793. The van der Waals surface area contributed by atoms with Gasteiger partial charge in [-0.15, -0.1) is 0 Å². The standard InChI is InChI=1S/C39H35Cl4F2N3O8/c1-19(2)37(51)47-27-7-22(5-25(44)14-27)17-54-35-29(40)9-21(10-30(35)41)11-33(49)56-34(50)16-46-39(53)24-12-31(42)36(32(43)13-24)55-18-23-6-26(45)15-28(8-23)48-38(52)20(3)4/h5-10,12-15,19-20H,11,16-18H2,1-4H3,(H,46,53)(H,47,51)(H,48,52). The number of carbonyl (C=O) groups excluding carboxylic acids is 5. The van der Waals surface area contributed by atoms with Crippen LogP contribution in [0.2, 0.25) is 20.1 Å². The van der Waals surface area contributed by atoms with Crippen molar-refractivity contribution in [1.29, 1.82) is 0 Å². The maximum atomic E-state index is 14.2. The summed E-state index contributed by atoms with van der Waals surface area (Å²) in [5.41, 5.74) is 1.48. The van der Waals surface area contributed by atoms with E-state index in [1.165, 1.54) is 60.7 Å². The van der Waals surface area contributed by atoms with E-state index in [0.29, 0.717) is 11.1 Å². The molecule has 0 aliphatic rings. The van der Waals surface area contributed by atoms with Crippen molar-refractivity contribution in [2.24, 2.45) is 11.8 Å². The van der Waals surface area contributed by atoms with Crippen molar-refractivity contribution in [2.75, 3.05) is 17.2 Å². The maximum absolute atomic E-state index is 14.2. The van der Waals surface area contributed by atoms with Gasteiger partial charge in [0.1, 0.15) is 31.4 Å². The van der Waals surface area contributed by atoms with E-state index in [4.69, 9.17) is 60.6 Å². The lowest BCUT2D eigenvalue weighted by Gasteiger charge is -2.14. The van der Waals surface area contributed by atoms with Crippen LogP contribution in [0.4, 0.5) is 20.2 Å². The largest absolute Gasteiger partial charge is 0.486 e. The van der Waals surface area contributed by atoms with E-state index in [0.717, 1.165) is 0 Å². The zero-order valence-corrected chi connectivity index (χ0v) is 33.3. The van der Waals surface area contributed by atoms with Crippen LogP contribution in [0.3, 0.4) is 0 Å². The van der Waals surface area contributed by atoms with Crippen molar-refractivity contribution in [3.8, 4) is 11.5 Å². The lowest BCUT2D eigenvalue weighted by atomic mass is 10.1. The highest BCUT2D eigenvalue weighted by Crippen LogP contribution is 2.36. The van der Waals surface area contributed by atoms with Crippen LogP contribution in [0.25, 0.3) is 0 Å². The number of carbonyl (C=O) groups is 5. The predicted molar refractivity (Wildman–Crippen MR) is 208 cm³/mol. The molecule has 3 amide bonds. The zero-order valence-electron chi connectivity index (χ0n) is 30.3. The van der Waals surface area contributed by atoms with Gasteiger partial charge in [-0.1, -0.05) is 74.1 Å². The summed E-state index contributed by atoms with van der Waals surface area (Å²) >= 11 is 25.3. The first-order valence-corrected chi connectivity index (χ1v) is 18.3. The number of hydrogen-bond acceptors (Lipinski definition) is 8. The van der Waals surface area contributed by atoms with E-state index in [1.807, 2.05) is 0 Å². The lowest BCUT2D eigenvalue weighted by Crippen LogP contribution is -2.32. The molecule has 11 nitrogen and oxygen atoms in total. The van der Waals surface area contributed by atoms with E-state index < -0.39 is 42.4 Å². The van der Waals surface area contributed by atoms with E-state index in [2.05, 4.69) is 16.0 Å². The summed E-state index contributed by atoms with van der Waals surface area (Å²) in [5, 5.41) is 7.46. The molecule has 0 aromatic heterocycles. The molecule has 0 atom stereocenters. The van der Waals surface area contributed by atoms with Gasteiger partial charge in [0.15, 0.2) is 11.5 Å². The Labute approximate surface area is 340 Å². The summed E-state index contributed by atoms with van der Waals surface area (Å²) in [6, 6.07) is 13.1. The van der Waals surface area contributed by atoms with Gasteiger partial charge in [0, 0.05) is 28.8 Å². The van der Waals surface area contributed by atoms with Crippen molar-refractivity contribution in [2.45, 2.75) is 47.3 Å². The average molecular weight is 854 g/mol. The number of ether oxygens (including phenoxy) is 3. The molecular weight excluding hydrogens is 818 g/mol. The molecule has 4 aromatic carbocycles. The monoisotopic (exact) mass is 851 g/mol. The third-order valence-electron chi connectivity index (χ3n) is 7.55. The van der Waals surface area contributed by atoms with Crippen molar-refractivity contribution in [3.05, 3.63) is 115 Å². The SMILES string of the molecule is CC(C)C(=O)Nc1cc(F)cc(COc2c(Cl)cc(CC(=O)OC(=O)CNC(=O)c3cc(Cl)c(OCc4cc(F)cc(NC(=O)C(C)C)c4)c(Cl)c3)cc2Cl)c1. The van der Waals surface area contributed by atoms with E-state index in [1.54, 1.807) is 27.7 Å². The van der Waals surface area contributed by atoms with E-state index in [9.17, 15) is 32.8 Å². The zero-order chi connectivity index (χ0) is 41.3. The van der Waals surface area contributed by atoms with Gasteiger partial charge in [-0.05, 0) is 77.4 Å². The number of anilines is 2. The summed E-state index contributed by atoms with van der Waals surface area (Å²) in [7, 11) is 0. The fourth-order valence-corrected chi connectivity index (χ4v) is 6.04. The molecule has 0 saturated carbocycles. The summed E-state index contributed by atoms with van der Waals surface area (Å²) in [6.45, 7) is 5.78. The molecular formula is C39H35Cl4F2N3O8. The smallest absolute Gasteiger partial charge is 0.333 e. The molecule has 56 heavy (non-hydrogen) atoms. The van der Waals surface area contributed by atoms with Crippen molar-refractivity contribution >= 4 is 87.4 Å². The second kappa shape index (κ2) is 19.8. The van der Waals surface area contributed by atoms with Crippen LogP contribution in [0.15, 0.2) is 60.7 Å². The minimum absolute atomic E-state index is 0.000652. The van der Waals surface area contributed by atoms with Crippen LogP contribution < -0.4 is 25.4 Å². The number of amides is 3. The van der Waals surface area contributed by atoms with E-state index >= 15 is 0 Å². The van der Waals surface area contributed by atoms with E-state index in [-0.39, 0.29) is 91.0 Å². The Morgan fingerprint density at radius 1 is 0.589 bits per heavy atom. The molecule has 0 fully saturated rings. The molecule has 17 heteroatoms. The van der Waals surface area contributed by atoms with Gasteiger partial charge in [-0.25, -0.2) is 13.6 Å². The molecule has 0 spiro atoms.